The summed E-state index contributed by atoms with van der Waals surface area (Å²) in [6.45, 7) is 2.81. The molecule has 0 spiro atoms. The van der Waals surface area contributed by atoms with Crippen LogP contribution in [0.5, 0.6) is 0 Å². The van der Waals surface area contributed by atoms with Gasteiger partial charge in [0.1, 0.15) is 5.65 Å². The molecule has 3 heterocycles. The normalized spacial score (nSPS) is 10.9. The Morgan fingerprint density at radius 3 is 3.13 bits per heavy atom. The number of carbonyl (C=O) groups excluding carboxylic acids is 1. The molecule has 2 amide bonds. The second-order valence-corrected chi connectivity index (χ2v) is 6.06. The summed E-state index contributed by atoms with van der Waals surface area (Å²) in [5, 5.41) is 6.10. The fourth-order valence-electron chi connectivity index (χ4n) is 2.26. The van der Waals surface area contributed by atoms with Crippen molar-refractivity contribution in [3.8, 4) is 0 Å². The Labute approximate surface area is 137 Å². The Hall–Kier alpha value is -2.45. The maximum absolute atomic E-state index is 12.0. The molecular formula is C15H17N5O2S. The van der Waals surface area contributed by atoms with Crippen molar-refractivity contribution in [2.75, 3.05) is 12.4 Å². The first kappa shape index (κ1) is 15.4. The van der Waals surface area contributed by atoms with Crippen molar-refractivity contribution in [3.63, 3.8) is 0 Å². The van der Waals surface area contributed by atoms with E-state index in [4.69, 9.17) is 4.74 Å². The molecule has 0 aliphatic rings. The van der Waals surface area contributed by atoms with Gasteiger partial charge in [0.2, 0.25) is 0 Å². The van der Waals surface area contributed by atoms with Crippen molar-refractivity contribution in [2.45, 2.75) is 20.1 Å². The molecule has 2 N–H and O–H groups in total. The summed E-state index contributed by atoms with van der Waals surface area (Å²) in [5.41, 5.74) is 2.72. The minimum absolute atomic E-state index is 0.298. The van der Waals surface area contributed by atoms with Gasteiger partial charge in [0.05, 0.1) is 29.4 Å². The van der Waals surface area contributed by atoms with Gasteiger partial charge < -0.3 is 14.5 Å². The summed E-state index contributed by atoms with van der Waals surface area (Å²) in [6, 6.07) is 5.51. The molecule has 0 bridgehead atoms. The number of hydrogen-bond acceptors (Lipinski definition) is 5. The molecule has 0 aromatic carbocycles. The van der Waals surface area contributed by atoms with Crippen LogP contribution in [0.3, 0.4) is 0 Å². The first-order chi connectivity index (χ1) is 11.2. The third kappa shape index (κ3) is 3.49. The van der Waals surface area contributed by atoms with Crippen molar-refractivity contribution in [3.05, 3.63) is 46.9 Å². The zero-order valence-electron chi connectivity index (χ0n) is 12.9. The lowest BCUT2D eigenvalue weighted by molar-refractivity contribution is 0.187. The molecule has 0 atom stereocenters. The van der Waals surface area contributed by atoms with E-state index in [0.29, 0.717) is 18.3 Å². The summed E-state index contributed by atoms with van der Waals surface area (Å²) >= 11 is 1.39. The SMILES string of the molecule is COCc1cnc(NC(=O)NCc2c(C)nc3ccccn23)s1. The minimum Gasteiger partial charge on any atom is -0.379 e. The van der Waals surface area contributed by atoms with E-state index in [1.165, 1.54) is 11.3 Å². The molecule has 7 nitrogen and oxygen atoms in total. The van der Waals surface area contributed by atoms with Crippen molar-refractivity contribution in [1.82, 2.24) is 19.7 Å². The van der Waals surface area contributed by atoms with Crippen molar-refractivity contribution < 1.29 is 9.53 Å². The summed E-state index contributed by atoms with van der Waals surface area (Å²) in [5.74, 6) is 0. The fourth-order valence-corrected chi connectivity index (χ4v) is 3.04. The number of aromatic nitrogens is 3. The summed E-state index contributed by atoms with van der Waals surface area (Å²) < 4.78 is 7.00. The van der Waals surface area contributed by atoms with E-state index in [2.05, 4.69) is 20.6 Å². The van der Waals surface area contributed by atoms with Gasteiger partial charge in [-0.3, -0.25) is 5.32 Å². The topological polar surface area (TPSA) is 80.5 Å². The van der Waals surface area contributed by atoms with Crippen LogP contribution < -0.4 is 10.6 Å². The minimum atomic E-state index is -0.298. The number of rotatable bonds is 5. The van der Waals surface area contributed by atoms with Gasteiger partial charge in [-0.15, -0.1) is 0 Å². The number of imidazole rings is 1. The molecule has 23 heavy (non-hydrogen) atoms. The highest BCUT2D eigenvalue weighted by atomic mass is 32.1. The Bertz CT molecular complexity index is 826. The molecule has 120 valence electrons. The number of urea groups is 1. The lowest BCUT2D eigenvalue weighted by Crippen LogP contribution is -2.28. The number of fused-ring (bicyclic) bond motifs is 1. The number of thiazole rings is 1. The number of nitrogens with one attached hydrogen (secondary N) is 2. The highest BCUT2D eigenvalue weighted by Gasteiger charge is 2.10. The molecule has 0 unspecified atom stereocenters. The van der Waals surface area contributed by atoms with Crippen LogP contribution in [0.1, 0.15) is 16.3 Å². The van der Waals surface area contributed by atoms with Crippen LogP contribution in [0.15, 0.2) is 30.6 Å². The average molecular weight is 331 g/mol. The molecule has 8 heteroatoms. The highest BCUT2D eigenvalue weighted by Crippen LogP contribution is 2.18. The molecule has 0 saturated heterocycles. The maximum atomic E-state index is 12.0. The zero-order valence-corrected chi connectivity index (χ0v) is 13.7. The third-order valence-electron chi connectivity index (χ3n) is 3.31. The Morgan fingerprint density at radius 1 is 1.43 bits per heavy atom. The number of pyridine rings is 1. The first-order valence-electron chi connectivity index (χ1n) is 7.08. The van der Waals surface area contributed by atoms with Gasteiger partial charge >= 0.3 is 6.03 Å². The molecule has 3 aromatic rings. The quantitative estimate of drug-likeness (QED) is 0.753. The van der Waals surface area contributed by atoms with Gasteiger partial charge in [-0.25, -0.2) is 14.8 Å². The van der Waals surface area contributed by atoms with E-state index in [-0.39, 0.29) is 6.03 Å². The zero-order chi connectivity index (χ0) is 16.2. The fraction of sp³-hybridized carbons (Fsp3) is 0.267. The van der Waals surface area contributed by atoms with E-state index in [9.17, 15) is 4.79 Å². The third-order valence-corrected chi connectivity index (χ3v) is 4.19. The van der Waals surface area contributed by atoms with Crippen molar-refractivity contribution >= 4 is 28.1 Å². The summed E-state index contributed by atoms with van der Waals surface area (Å²) in [6.07, 6.45) is 3.63. The number of amides is 2. The number of nitrogens with zero attached hydrogens (tertiary/aromatic N) is 3. The lowest BCUT2D eigenvalue weighted by atomic mass is 10.3. The lowest BCUT2D eigenvalue weighted by Gasteiger charge is -2.06. The van der Waals surface area contributed by atoms with Gasteiger partial charge in [-0.05, 0) is 19.1 Å². The van der Waals surface area contributed by atoms with Crippen molar-refractivity contribution in [2.24, 2.45) is 0 Å². The first-order valence-corrected chi connectivity index (χ1v) is 7.90. The molecular weight excluding hydrogens is 314 g/mol. The van der Waals surface area contributed by atoms with Gasteiger partial charge in [-0.1, -0.05) is 17.4 Å². The van der Waals surface area contributed by atoms with Crippen molar-refractivity contribution in [1.29, 1.82) is 0 Å². The number of hydrogen-bond donors (Lipinski definition) is 2. The second kappa shape index (κ2) is 6.76. The Morgan fingerprint density at radius 2 is 2.30 bits per heavy atom. The number of anilines is 1. The number of carbonyl (C=O) groups is 1. The van der Waals surface area contributed by atoms with Gasteiger partial charge in [0.25, 0.3) is 0 Å². The van der Waals surface area contributed by atoms with E-state index >= 15 is 0 Å². The number of methoxy groups -OCH3 is 1. The maximum Gasteiger partial charge on any atom is 0.321 e. The Balaban J connectivity index is 1.62. The average Bonchev–Trinajstić information content (AvgIpc) is 3.09. The summed E-state index contributed by atoms with van der Waals surface area (Å²) in [7, 11) is 1.62. The van der Waals surface area contributed by atoms with Gasteiger partial charge in [-0.2, -0.15) is 0 Å². The monoisotopic (exact) mass is 331 g/mol. The largest absolute Gasteiger partial charge is 0.379 e. The van der Waals surface area contributed by atoms with Crippen LogP contribution in [0.4, 0.5) is 9.93 Å². The highest BCUT2D eigenvalue weighted by molar-refractivity contribution is 7.15. The predicted octanol–water partition coefficient (Wildman–Crippen LogP) is 2.57. The van der Waals surface area contributed by atoms with Crippen LogP contribution in [-0.2, 0) is 17.9 Å². The van der Waals surface area contributed by atoms with Crippen LogP contribution >= 0.6 is 11.3 Å². The molecule has 3 aromatic heterocycles. The van der Waals surface area contributed by atoms with E-state index in [1.54, 1.807) is 13.3 Å². The molecule has 0 saturated carbocycles. The molecule has 3 rings (SSSR count). The summed E-state index contributed by atoms with van der Waals surface area (Å²) in [4.78, 5) is 21.6. The number of ether oxygens (including phenoxy) is 1. The number of aryl methyl sites for hydroxylation is 1. The molecule has 0 aliphatic heterocycles. The molecule has 0 radical (unpaired) electrons. The second-order valence-electron chi connectivity index (χ2n) is 4.95. The van der Waals surface area contributed by atoms with E-state index < -0.39 is 0 Å². The molecule has 0 fully saturated rings. The van der Waals surface area contributed by atoms with Crippen LogP contribution in [0.25, 0.3) is 5.65 Å². The van der Waals surface area contributed by atoms with Crippen LogP contribution in [0, 0.1) is 6.92 Å². The van der Waals surface area contributed by atoms with E-state index in [0.717, 1.165) is 21.9 Å². The van der Waals surface area contributed by atoms with E-state index in [1.807, 2.05) is 35.7 Å². The van der Waals surface area contributed by atoms with Crippen LogP contribution in [0.2, 0.25) is 0 Å². The Kier molecular flexibility index (Phi) is 4.54. The van der Waals surface area contributed by atoms with Gasteiger partial charge in [0.15, 0.2) is 5.13 Å². The smallest absolute Gasteiger partial charge is 0.321 e. The van der Waals surface area contributed by atoms with Crippen LogP contribution in [-0.4, -0.2) is 27.5 Å². The van der Waals surface area contributed by atoms with Gasteiger partial charge in [0, 0.05) is 19.5 Å². The molecule has 0 aliphatic carbocycles. The standard InChI is InChI=1S/C15H17N5O2S/c1-10-12(20-6-4-3-5-13(20)18-10)8-16-14(21)19-15-17-7-11(23-15)9-22-2/h3-7H,8-9H2,1-2H3,(H2,16,17,19,21). The predicted molar refractivity (Wildman–Crippen MR) is 88.6 cm³/mol.